The van der Waals surface area contributed by atoms with Gasteiger partial charge in [0.25, 0.3) is 10.0 Å². The van der Waals surface area contributed by atoms with Crippen LogP contribution < -0.4 is 4.72 Å². The van der Waals surface area contributed by atoms with Crippen molar-refractivity contribution in [1.29, 1.82) is 0 Å². The van der Waals surface area contributed by atoms with Crippen LogP contribution in [0, 0.1) is 20.8 Å². The average molecular weight is 344 g/mol. The molecule has 0 saturated heterocycles. The van der Waals surface area contributed by atoms with Gasteiger partial charge in [-0.3, -0.25) is 4.72 Å². The van der Waals surface area contributed by atoms with Crippen LogP contribution >= 0.6 is 23.2 Å². The summed E-state index contributed by atoms with van der Waals surface area (Å²) in [4.78, 5) is 0.291. The number of rotatable bonds is 3. The van der Waals surface area contributed by atoms with E-state index in [0.29, 0.717) is 31.8 Å². The molecular weight excluding hydrogens is 329 g/mol. The molecule has 0 fully saturated rings. The molecule has 0 aromatic heterocycles. The van der Waals surface area contributed by atoms with E-state index in [2.05, 4.69) is 4.72 Å². The summed E-state index contributed by atoms with van der Waals surface area (Å²) in [5, 5.41) is 0.677. The highest BCUT2D eigenvalue weighted by molar-refractivity contribution is 7.92. The molecule has 21 heavy (non-hydrogen) atoms. The second-order valence-corrected chi connectivity index (χ2v) is 7.40. The minimum atomic E-state index is -3.67. The molecule has 6 heteroatoms. The summed E-state index contributed by atoms with van der Waals surface area (Å²) < 4.78 is 27.7. The SMILES string of the molecule is Cc1cc(C)c(S(=O)(=O)Nc2ccc(Cl)c(Cl)c2)c(C)c1. The van der Waals surface area contributed by atoms with Crippen LogP contribution in [-0.4, -0.2) is 8.42 Å². The number of benzene rings is 2. The van der Waals surface area contributed by atoms with Gasteiger partial charge in [-0.2, -0.15) is 0 Å². The van der Waals surface area contributed by atoms with Gasteiger partial charge in [-0.25, -0.2) is 8.42 Å². The third-order valence-electron chi connectivity index (χ3n) is 3.05. The smallest absolute Gasteiger partial charge is 0.262 e. The van der Waals surface area contributed by atoms with E-state index in [1.54, 1.807) is 26.0 Å². The van der Waals surface area contributed by atoms with Crippen molar-refractivity contribution < 1.29 is 8.42 Å². The highest BCUT2D eigenvalue weighted by Gasteiger charge is 2.20. The van der Waals surface area contributed by atoms with Gasteiger partial charge in [-0.15, -0.1) is 0 Å². The Morgan fingerprint density at radius 2 is 1.48 bits per heavy atom. The van der Waals surface area contributed by atoms with Crippen LogP contribution in [0.2, 0.25) is 10.0 Å². The van der Waals surface area contributed by atoms with Crippen molar-refractivity contribution >= 4 is 38.9 Å². The molecule has 0 aliphatic heterocycles. The predicted molar refractivity (Wildman–Crippen MR) is 87.9 cm³/mol. The fourth-order valence-electron chi connectivity index (χ4n) is 2.36. The normalized spacial score (nSPS) is 11.5. The molecule has 2 aromatic rings. The summed E-state index contributed by atoms with van der Waals surface area (Å²) >= 11 is 11.7. The second kappa shape index (κ2) is 5.87. The van der Waals surface area contributed by atoms with Crippen LogP contribution in [0.25, 0.3) is 0 Å². The molecule has 3 nitrogen and oxygen atoms in total. The van der Waals surface area contributed by atoms with Gasteiger partial charge in [0, 0.05) is 0 Å². The Morgan fingerprint density at radius 3 is 2.00 bits per heavy atom. The average Bonchev–Trinajstić information content (AvgIpc) is 2.31. The van der Waals surface area contributed by atoms with Gasteiger partial charge in [-0.1, -0.05) is 40.9 Å². The van der Waals surface area contributed by atoms with E-state index in [-0.39, 0.29) is 0 Å². The Bertz CT molecular complexity index is 778. The zero-order valence-electron chi connectivity index (χ0n) is 11.9. The first-order valence-electron chi connectivity index (χ1n) is 6.26. The third kappa shape index (κ3) is 3.51. The first kappa shape index (κ1) is 16.1. The molecule has 0 aliphatic rings. The molecule has 0 spiro atoms. The maximum absolute atomic E-state index is 12.6. The van der Waals surface area contributed by atoms with E-state index < -0.39 is 10.0 Å². The Balaban J connectivity index is 2.46. The highest BCUT2D eigenvalue weighted by atomic mass is 35.5. The Hall–Kier alpha value is -1.23. The summed E-state index contributed by atoms with van der Waals surface area (Å²) in [5.74, 6) is 0. The molecule has 0 saturated carbocycles. The molecule has 2 rings (SSSR count). The topological polar surface area (TPSA) is 46.2 Å². The van der Waals surface area contributed by atoms with E-state index >= 15 is 0 Å². The highest BCUT2D eigenvalue weighted by Crippen LogP contribution is 2.28. The third-order valence-corrected chi connectivity index (χ3v) is 5.47. The molecule has 0 unspecified atom stereocenters. The lowest BCUT2D eigenvalue weighted by Gasteiger charge is -2.14. The maximum atomic E-state index is 12.6. The summed E-state index contributed by atoms with van der Waals surface area (Å²) in [6.07, 6.45) is 0. The lowest BCUT2D eigenvalue weighted by atomic mass is 10.1. The minimum Gasteiger partial charge on any atom is -0.280 e. The minimum absolute atomic E-state index is 0.291. The van der Waals surface area contributed by atoms with Crippen molar-refractivity contribution in [3.05, 3.63) is 57.1 Å². The van der Waals surface area contributed by atoms with Crippen molar-refractivity contribution in [3.8, 4) is 0 Å². The van der Waals surface area contributed by atoms with Crippen LogP contribution in [0.15, 0.2) is 35.2 Å². The Morgan fingerprint density at radius 1 is 0.905 bits per heavy atom. The van der Waals surface area contributed by atoms with E-state index in [9.17, 15) is 8.42 Å². The van der Waals surface area contributed by atoms with Crippen LogP contribution in [0.5, 0.6) is 0 Å². The predicted octanol–water partition coefficient (Wildman–Crippen LogP) is 4.72. The maximum Gasteiger partial charge on any atom is 0.262 e. The second-order valence-electron chi connectivity index (χ2n) is 4.96. The number of hydrogen-bond donors (Lipinski definition) is 1. The molecule has 1 N–H and O–H groups in total. The van der Waals surface area contributed by atoms with Gasteiger partial charge in [0.05, 0.1) is 20.6 Å². The number of anilines is 1. The van der Waals surface area contributed by atoms with Gasteiger partial charge in [0.2, 0.25) is 0 Å². The Kier molecular flexibility index (Phi) is 4.51. The summed E-state index contributed by atoms with van der Waals surface area (Å²) in [5.41, 5.74) is 2.82. The van der Waals surface area contributed by atoms with Crippen molar-refractivity contribution in [1.82, 2.24) is 0 Å². The quantitative estimate of drug-likeness (QED) is 0.876. The van der Waals surface area contributed by atoms with E-state index in [1.165, 1.54) is 6.07 Å². The molecule has 0 aliphatic carbocycles. The van der Waals surface area contributed by atoms with Crippen molar-refractivity contribution in [3.63, 3.8) is 0 Å². The molecular formula is C15H15Cl2NO2S. The van der Waals surface area contributed by atoms with E-state index in [1.807, 2.05) is 19.1 Å². The van der Waals surface area contributed by atoms with Crippen molar-refractivity contribution in [2.45, 2.75) is 25.7 Å². The number of halogens is 2. The molecule has 0 heterocycles. The zero-order valence-corrected chi connectivity index (χ0v) is 14.2. The first-order valence-corrected chi connectivity index (χ1v) is 8.50. The number of sulfonamides is 1. The number of aryl methyl sites for hydroxylation is 3. The molecule has 0 atom stereocenters. The fourth-order valence-corrected chi connectivity index (χ4v) is 4.16. The molecule has 112 valence electrons. The fraction of sp³-hybridized carbons (Fsp3) is 0.200. The van der Waals surface area contributed by atoms with Gasteiger partial charge >= 0.3 is 0 Å². The lowest BCUT2D eigenvalue weighted by Crippen LogP contribution is -2.16. The summed E-state index contributed by atoms with van der Waals surface area (Å²) in [7, 11) is -3.67. The Labute approximate surface area is 135 Å². The largest absolute Gasteiger partial charge is 0.280 e. The lowest BCUT2D eigenvalue weighted by molar-refractivity contribution is 0.600. The van der Waals surface area contributed by atoms with Crippen molar-refractivity contribution in [2.24, 2.45) is 0 Å². The monoisotopic (exact) mass is 343 g/mol. The van der Waals surface area contributed by atoms with E-state index in [4.69, 9.17) is 23.2 Å². The number of nitrogens with one attached hydrogen (secondary N) is 1. The van der Waals surface area contributed by atoms with Gasteiger partial charge < -0.3 is 0 Å². The molecule has 0 amide bonds. The van der Waals surface area contributed by atoms with Gasteiger partial charge in [0.1, 0.15) is 0 Å². The summed E-state index contributed by atoms with van der Waals surface area (Å²) in [6.45, 7) is 5.50. The van der Waals surface area contributed by atoms with Gasteiger partial charge in [-0.05, 0) is 50.1 Å². The van der Waals surface area contributed by atoms with E-state index in [0.717, 1.165) is 5.56 Å². The number of hydrogen-bond acceptors (Lipinski definition) is 2. The molecule has 2 aromatic carbocycles. The van der Waals surface area contributed by atoms with Crippen LogP contribution in [0.4, 0.5) is 5.69 Å². The first-order chi connectivity index (χ1) is 9.70. The van der Waals surface area contributed by atoms with Crippen LogP contribution in [-0.2, 0) is 10.0 Å². The molecule has 0 radical (unpaired) electrons. The van der Waals surface area contributed by atoms with Crippen LogP contribution in [0.3, 0.4) is 0 Å². The standard InChI is InChI=1S/C15H15Cl2NO2S/c1-9-6-10(2)15(11(3)7-9)21(19,20)18-12-4-5-13(16)14(17)8-12/h4-8,18H,1-3H3. The van der Waals surface area contributed by atoms with Gasteiger partial charge in [0.15, 0.2) is 0 Å². The van der Waals surface area contributed by atoms with Crippen LogP contribution in [0.1, 0.15) is 16.7 Å². The zero-order chi connectivity index (χ0) is 15.8. The van der Waals surface area contributed by atoms with Crippen molar-refractivity contribution in [2.75, 3.05) is 4.72 Å². The molecule has 0 bridgehead atoms. The summed E-state index contributed by atoms with van der Waals surface area (Å²) in [6, 6.07) is 8.30.